The maximum Gasteiger partial charge on any atom is 0.315 e. The molecule has 1 unspecified atom stereocenters. The van der Waals surface area contributed by atoms with Gasteiger partial charge in [0.15, 0.2) is 0 Å². The second-order valence-corrected chi connectivity index (χ2v) is 6.97. The highest BCUT2D eigenvalue weighted by Crippen LogP contribution is 2.28. The molecule has 1 aromatic carbocycles. The van der Waals surface area contributed by atoms with Crippen LogP contribution in [0, 0.1) is 0 Å². The summed E-state index contributed by atoms with van der Waals surface area (Å²) < 4.78 is 9.66. The molecule has 1 heterocycles. The number of carbonyl (C=O) groups is 2. The minimum Gasteiger partial charge on any atom is -0.497 e. The standard InChI is InChI=1S/C15H17N3O4S2/c1-9(23-8-12(19)22-3)13(20)16-15-18-17-14(24-15)10-4-6-11(21-2)7-5-10/h4-7,9H,8H2,1-3H3,(H,16,18,20). The number of hydrogen-bond donors (Lipinski definition) is 1. The molecule has 1 N–H and O–H groups in total. The van der Waals surface area contributed by atoms with Crippen LogP contribution in [0.25, 0.3) is 10.6 Å². The van der Waals surface area contributed by atoms with Crippen LogP contribution in [0.1, 0.15) is 6.92 Å². The van der Waals surface area contributed by atoms with Crippen molar-refractivity contribution >= 4 is 40.1 Å². The Kier molecular flexibility index (Phi) is 6.56. The molecule has 0 aliphatic rings. The Hall–Kier alpha value is -2.13. The molecule has 0 radical (unpaired) electrons. The van der Waals surface area contributed by atoms with Gasteiger partial charge in [0.05, 0.1) is 25.2 Å². The van der Waals surface area contributed by atoms with E-state index in [1.807, 2.05) is 24.3 Å². The first kappa shape index (κ1) is 18.2. The molecule has 0 aliphatic heterocycles. The molecule has 24 heavy (non-hydrogen) atoms. The monoisotopic (exact) mass is 367 g/mol. The lowest BCUT2D eigenvalue weighted by Crippen LogP contribution is -2.23. The lowest BCUT2D eigenvalue weighted by molar-refractivity contribution is -0.137. The largest absolute Gasteiger partial charge is 0.497 e. The van der Waals surface area contributed by atoms with Crippen molar-refractivity contribution < 1.29 is 19.1 Å². The normalized spacial score (nSPS) is 11.6. The first-order valence-corrected chi connectivity index (χ1v) is 8.87. The molecule has 9 heteroatoms. The van der Waals surface area contributed by atoms with E-state index in [4.69, 9.17) is 4.74 Å². The molecule has 1 amide bonds. The lowest BCUT2D eigenvalue weighted by atomic mass is 10.2. The van der Waals surface area contributed by atoms with Gasteiger partial charge >= 0.3 is 5.97 Å². The highest BCUT2D eigenvalue weighted by molar-refractivity contribution is 8.01. The highest BCUT2D eigenvalue weighted by Gasteiger charge is 2.17. The molecule has 128 valence electrons. The summed E-state index contributed by atoms with van der Waals surface area (Å²) in [5.74, 6) is 0.283. The summed E-state index contributed by atoms with van der Waals surface area (Å²) in [6.45, 7) is 1.72. The molecule has 2 rings (SSSR count). The van der Waals surface area contributed by atoms with E-state index in [1.165, 1.54) is 30.2 Å². The van der Waals surface area contributed by atoms with Gasteiger partial charge in [0.2, 0.25) is 11.0 Å². The summed E-state index contributed by atoms with van der Waals surface area (Å²) in [5, 5.41) is 11.5. The lowest BCUT2D eigenvalue weighted by Gasteiger charge is -2.08. The smallest absolute Gasteiger partial charge is 0.315 e. The van der Waals surface area contributed by atoms with E-state index in [2.05, 4.69) is 20.3 Å². The first-order chi connectivity index (χ1) is 11.5. The van der Waals surface area contributed by atoms with Crippen molar-refractivity contribution in [1.29, 1.82) is 0 Å². The fraction of sp³-hybridized carbons (Fsp3) is 0.333. The van der Waals surface area contributed by atoms with Crippen LogP contribution in [0.15, 0.2) is 24.3 Å². The summed E-state index contributed by atoms with van der Waals surface area (Å²) in [5.41, 5.74) is 0.891. The number of rotatable bonds is 7. The number of benzene rings is 1. The van der Waals surface area contributed by atoms with Gasteiger partial charge in [0.25, 0.3) is 0 Å². The maximum absolute atomic E-state index is 12.1. The van der Waals surface area contributed by atoms with Crippen LogP contribution in [-0.2, 0) is 14.3 Å². The summed E-state index contributed by atoms with van der Waals surface area (Å²) >= 11 is 2.48. The van der Waals surface area contributed by atoms with Gasteiger partial charge in [-0.1, -0.05) is 11.3 Å². The van der Waals surface area contributed by atoms with Gasteiger partial charge in [-0.15, -0.1) is 22.0 Å². The molecule has 1 aromatic heterocycles. The summed E-state index contributed by atoms with van der Waals surface area (Å²) in [7, 11) is 2.92. The van der Waals surface area contributed by atoms with Crippen molar-refractivity contribution in [3.8, 4) is 16.3 Å². The number of hydrogen-bond acceptors (Lipinski definition) is 8. The van der Waals surface area contributed by atoms with Crippen LogP contribution in [0.4, 0.5) is 5.13 Å². The molecule has 0 fully saturated rings. The molecule has 0 bridgehead atoms. The zero-order chi connectivity index (χ0) is 17.5. The van der Waals surface area contributed by atoms with Gasteiger partial charge in [0, 0.05) is 5.56 Å². The van der Waals surface area contributed by atoms with Crippen LogP contribution in [0.2, 0.25) is 0 Å². The average Bonchev–Trinajstić information content (AvgIpc) is 3.07. The number of carbonyl (C=O) groups excluding carboxylic acids is 2. The van der Waals surface area contributed by atoms with Crippen LogP contribution in [0.5, 0.6) is 5.75 Å². The molecule has 0 aliphatic carbocycles. The van der Waals surface area contributed by atoms with E-state index >= 15 is 0 Å². The topological polar surface area (TPSA) is 90.4 Å². The second kappa shape index (κ2) is 8.65. The van der Waals surface area contributed by atoms with Crippen LogP contribution >= 0.6 is 23.1 Å². The van der Waals surface area contributed by atoms with E-state index in [0.717, 1.165) is 11.3 Å². The predicted molar refractivity (Wildman–Crippen MR) is 94.5 cm³/mol. The minimum absolute atomic E-state index is 0.123. The number of aromatic nitrogens is 2. The molecule has 2 aromatic rings. The zero-order valence-corrected chi connectivity index (χ0v) is 15.1. The van der Waals surface area contributed by atoms with Gasteiger partial charge in [-0.05, 0) is 31.2 Å². The fourth-order valence-corrected chi connectivity index (χ4v) is 3.12. The van der Waals surface area contributed by atoms with Gasteiger partial charge in [-0.2, -0.15) is 0 Å². The summed E-state index contributed by atoms with van der Waals surface area (Å²) in [6.07, 6.45) is 0. The third kappa shape index (κ3) is 4.93. The Morgan fingerprint density at radius 1 is 1.25 bits per heavy atom. The molecular weight excluding hydrogens is 350 g/mol. The SMILES string of the molecule is COC(=O)CSC(C)C(=O)Nc1nnc(-c2ccc(OC)cc2)s1. The van der Waals surface area contributed by atoms with Crippen LogP contribution in [-0.4, -0.2) is 47.3 Å². The maximum atomic E-state index is 12.1. The van der Waals surface area contributed by atoms with E-state index < -0.39 is 5.25 Å². The second-order valence-electron chi connectivity index (χ2n) is 4.66. The molecule has 0 spiro atoms. The number of esters is 1. The quantitative estimate of drug-likeness (QED) is 0.752. The van der Waals surface area contributed by atoms with E-state index in [0.29, 0.717) is 10.1 Å². The van der Waals surface area contributed by atoms with Gasteiger partial charge in [-0.25, -0.2) is 0 Å². The molecule has 0 saturated carbocycles. The Morgan fingerprint density at radius 3 is 2.58 bits per heavy atom. The Balaban J connectivity index is 1.95. The van der Waals surface area contributed by atoms with Crippen molar-refractivity contribution in [3.05, 3.63) is 24.3 Å². The molecule has 0 saturated heterocycles. The third-order valence-electron chi connectivity index (χ3n) is 3.04. The van der Waals surface area contributed by atoms with Crippen molar-refractivity contribution in [1.82, 2.24) is 10.2 Å². The van der Waals surface area contributed by atoms with Crippen molar-refractivity contribution in [2.24, 2.45) is 0 Å². The summed E-state index contributed by atoms with van der Waals surface area (Å²) in [4.78, 5) is 23.2. The van der Waals surface area contributed by atoms with E-state index in [9.17, 15) is 9.59 Å². The van der Waals surface area contributed by atoms with Crippen LogP contribution < -0.4 is 10.1 Å². The number of ether oxygens (including phenoxy) is 2. The average molecular weight is 367 g/mol. The Bertz CT molecular complexity index is 703. The third-order valence-corrected chi connectivity index (χ3v) is 5.04. The minimum atomic E-state index is -0.405. The highest BCUT2D eigenvalue weighted by atomic mass is 32.2. The number of nitrogens with one attached hydrogen (secondary N) is 1. The zero-order valence-electron chi connectivity index (χ0n) is 13.4. The number of nitrogens with zero attached hydrogens (tertiary/aromatic N) is 2. The molecular formula is C15H17N3O4S2. The van der Waals surface area contributed by atoms with E-state index in [1.54, 1.807) is 14.0 Å². The van der Waals surface area contributed by atoms with Crippen molar-refractivity contribution in [3.63, 3.8) is 0 Å². The predicted octanol–water partition coefficient (Wildman–Crippen LogP) is 2.45. The summed E-state index contributed by atoms with van der Waals surface area (Å²) in [6, 6.07) is 7.42. The van der Waals surface area contributed by atoms with Gasteiger partial charge in [0.1, 0.15) is 10.8 Å². The van der Waals surface area contributed by atoms with Gasteiger partial charge in [-0.3, -0.25) is 14.9 Å². The number of methoxy groups -OCH3 is 2. The number of thioether (sulfide) groups is 1. The van der Waals surface area contributed by atoms with Crippen LogP contribution in [0.3, 0.4) is 0 Å². The van der Waals surface area contributed by atoms with Gasteiger partial charge < -0.3 is 9.47 Å². The number of amides is 1. The molecule has 1 atom stereocenters. The van der Waals surface area contributed by atoms with Crippen molar-refractivity contribution in [2.75, 3.05) is 25.3 Å². The van der Waals surface area contributed by atoms with E-state index in [-0.39, 0.29) is 17.6 Å². The Labute approximate surface area is 147 Å². The Morgan fingerprint density at radius 2 is 1.96 bits per heavy atom. The fourth-order valence-electron chi connectivity index (χ4n) is 1.66. The first-order valence-electron chi connectivity index (χ1n) is 7.00. The van der Waals surface area contributed by atoms with Crippen molar-refractivity contribution in [2.45, 2.75) is 12.2 Å². The number of anilines is 1. The molecule has 7 nitrogen and oxygen atoms in total.